The molecule has 144 valence electrons. The van der Waals surface area contributed by atoms with Crippen molar-refractivity contribution in [2.75, 3.05) is 0 Å². The summed E-state index contributed by atoms with van der Waals surface area (Å²) in [4.78, 5) is 26.8. The number of hydrogen-bond donors (Lipinski definition) is 0. The quantitative estimate of drug-likeness (QED) is 0.211. The minimum absolute atomic E-state index is 0.0422. The first-order valence-corrected chi connectivity index (χ1v) is 9.43. The first-order chi connectivity index (χ1) is 13.6. The van der Waals surface area contributed by atoms with Crippen molar-refractivity contribution in [1.82, 2.24) is 0 Å². The van der Waals surface area contributed by atoms with Crippen molar-refractivity contribution in [3.63, 3.8) is 0 Å². The molecule has 6 nitrogen and oxygen atoms in total. The summed E-state index contributed by atoms with van der Waals surface area (Å²) in [5.41, 5.74) is 2.58. The minimum Gasteiger partial charge on any atom is -0.402 e. The van der Waals surface area contributed by atoms with E-state index < -0.39 is 10.9 Å². The van der Waals surface area contributed by atoms with Gasteiger partial charge in [-0.2, -0.15) is 0 Å². The summed E-state index contributed by atoms with van der Waals surface area (Å²) in [6.07, 6.45) is 7.39. The summed E-state index contributed by atoms with van der Waals surface area (Å²) >= 11 is 0. The minimum atomic E-state index is -0.565. The molecule has 0 radical (unpaired) electrons. The Hall–Kier alpha value is -3.28. The lowest BCUT2D eigenvalue weighted by molar-refractivity contribution is -0.384. The van der Waals surface area contributed by atoms with Gasteiger partial charge in [0.2, 0.25) is 5.90 Å². The van der Waals surface area contributed by atoms with Crippen molar-refractivity contribution in [3.05, 3.63) is 81.0 Å². The van der Waals surface area contributed by atoms with Crippen molar-refractivity contribution in [2.45, 2.75) is 39.0 Å². The molecule has 1 heterocycles. The Morgan fingerprint density at radius 1 is 1.11 bits per heavy atom. The van der Waals surface area contributed by atoms with E-state index in [2.05, 4.69) is 11.9 Å². The molecule has 0 N–H and O–H groups in total. The van der Waals surface area contributed by atoms with E-state index in [1.165, 1.54) is 49.5 Å². The predicted molar refractivity (Wildman–Crippen MR) is 108 cm³/mol. The van der Waals surface area contributed by atoms with Gasteiger partial charge in [-0.1, -0.05) is 50.5 Å². The third-order valence-electron chi connectivity index (χ3n) is 4.52. The van der Waals surface area contributed by atoms with Crippen LogP contribution in [0.1, 0.15) is 49.3 Å². The lowest BCUT2D eigenvalue weighted by Gasteiger charge is -2.03. The Morgan fingerprint density at radius 2 is 1.89 bits per heavy atom. The van der Waals surface area contributed by atoms with Crippen LogP contribution in [0.4, 0.5) is 5.69 Å². The summed E-state index contributed by atoms with van der Waals surface area (Å²) in [6, 6.07) is 13.9. The Labute approximate surface area is 163 Å². The number of carbonyl (C=O) groups excluding carboxylic acids is 1. The third-order valence-corrected chi connectivity index (χ3v) is 4.52. The number of esters is 1. The number of cyclic esters (lactones) is 1. The summed E-state index contributed by atoms with van der Waals surface area (Å²) in [5, 5.41) is 10.9. The zero-order valence-electron chi connectivity index (χ0n) is 15.8. The van der Waals surface area contributed by atoms with Gasteiger partial charge < -0.3 is 4.74 Å². The molecular weight excluding hydrogens is 356 g/mol. The monoisotopic (exact) mass is 378 g/mol. The number of carbonyl (C=O) groups is 1. The molecule has 0 atom stereocenters. The molecule has 0 bridgehead atoms. The van der Waals surface area contributed by atoms with Crippen LogP contribution in [0.5, 0.6) is 0 Å². The molecule has 3 rings (SSSR count). The highest BCUT2D eigenvalue weighted by atomic mass is 16.6. The molecule has 1 aliphatic rings. The maximum atomic E-state index is 12.1. The highest BCUT2D eigenvalue weighted by Gasteiger charge is 2.24. The van der Waals surface area contributed by atoms with Gasteiger partial charge in [-0.05, 0) is 42.2 Å². The Bertz CT molecular complexity index is 930. The van der Waals surface area contributed by atoms with Gasteiger partial charge in [0, 0.05) is 17.7 Å². The highest BCUT2D eigenvalue weighted by Crippen LogP contribution is 2.21. The summed E-state index contributed by atoms with van der Waals surface area (Å²) in [5.74, 6) is -0.315. The maximum Gasteiger partial charge on any atom is 0.363 e. The number of ether oxygens (including phenoxy) is 1. The SMILES string of the molecule is CCCCCCc1ccc(C2=N/C(=C\c3cccc([N+](=O)[O-])c3)C(=O)O2)cc1. The lowest BCUT2D eigenvalue weighted by atomic mass is 10.0. The molecule has 0 aromatic heterocycles. The number of nitro benzene ring substituents is 1. The van der Waals surface area contributed by atoms with Gasteiger partial charge in [0.1, 0.15) is 0 Å². The number of non-ortho nitro benzene ring substituents is 1. The second kappa shape index (κ2) is 9.08. The first-order valence-electron chi connectivity index (χ1n) is 9.43. The number of aliphatic imine (C=N–C) groups is 1. The van der Waals surface area contributed by atoms with Crippen LogP contribution in [0.3, 0.4) is 0 Å². The zero-order valence-corrected chi connectivity index (χ0v) is 15.8. The Morgan fingerprint density at radius 3 is 2.61 bits per heavy atom. The molecule has 0 unspecified atom stereocenters. The number of unbranched alkanes of at least 4 members (excludes halogenated alkanes) is 3. The highest BCUT2D eigenvalue weighted by molar-refractivity contribution is 6.12. The Kier molecular flexibility index (Phi) is 6.32. The normalized spacial score (nSPS) is 14.8. The van der Waals surface area contributed by atoms with Gasteiger partial charge in [0.15, 0.2) is 5.70 Å². The number of benzene rings is 2. The summed E-state index contributed by atoms with van der Waals surface area (Å²) in [7, 11) is 0. The van der Waals surface area contributed by atoms with Crippen LogP contribution in [0.25, 0.3) is 6.08 Å². The molecule has 0 saturated heterocycles. The fourth-order valence-electron chi connectivity index (χ4n) is 2.99. The smallest absolute Gasteiger partial charge is 0.363 e. The lowest BCUT2D eigenvalue weighted by Crippen LogP contribution is -2.05. The van der Waals surface area contributed by atoms with E-state index in [0.717, 1.165) is 12.0 Å². The number of nitro groups is 1. The topological polar surface area (TPSA) is 81.8 Å². The molecule has 28 heavy (non-hydrogen) atoms. The predicted octanol–water partition coefficient (Wildman–Crippen LogP) is 5.06. The third kappa shape index (κ3) is 4.91. The zero-order chi connectivity index (χ0) is 19.9. The van der Waals surface area contributed by atoms with E-state index in [4.69, 9.17) is 4.74 Å². The van der Waals surface area contributed by atoms with E-state index >= 15 is 0 Å². The number of aryl methyl sites for hydroxylation is 1. The molecule has 0 saturated carbocycles. The average Bonchev–Trinajstić information content (AvgIpc) is 3.06. The number of rotatable bonds is 8. The van der Waals surface area contributed by atoms with Crippen LogP contribution >= 0.6 is 0 Å². The first kappa shape index (κ1) is 19.5. The van der Waals surface area contributed by atoms with Crippen LogP contribution in [-0.4, -0.2) is 16.8 Å². The summed E-state index contributed by atoms with van der Waals surface area (Å²) in [6.45, 7) is 2.19. The van der Waals surface area contributed by atoms with Gasteiger partial charge in [0.05, 0.1) is 4.92 Å². The van der Waals surface area contributed by atoms with Crippen LogP contribution in [0.2, 0.25) is 0 Å². The van der Waals surface area contributed by atoms with E-state index in [9.17, 15) is 14.9 Å². The van der Waals surface area contributed by atoms with Gasteiger partial charge in [0.25, 0.3) is 5.69 Å². The molecule has 0 fully saturated rings. The van der Waals surface area contributed by atoms with Crippen molar-refractivity contribution in [3.8, 4) is 0 Å². The van der Waals surface area contributed by atoms with E-state index in [1.54, 1.807) is 12.1 Å². The molecule has 0 spiro atoms. The maximum absolute atomic E-state index is 12.1. The van der Waals surface area contributed by atoms with Crippen LogP contribution < -0.4 is 0 Å². The van der Waals surface area contributed by atoms with Crippen LogP contribution in [0.15, 0.2) is 59.2 Å². The second-order valence-corrected chi connectivity index (χ2v) is 6.70. The second-order valence-electron chi connectivity index (χ2n) is 6.70. The van der Waals surface area contributed by atoms with Gasteiger partial charge >= 0.3 is 5.97 Å². The molecule has 2 aromatic carbocycles. The van der Waals surface area contributed by atoms with Crippen molar-refractivity contribution < 1.29 is 14.5 Å². The molecular formula is C22H22N2O4. The molecule has 1 aliphatic heterocycles. The molecule has 6 heteroatoms. The summed E-state index contributed by atoms with van der Waals surface area (Å²) < 4.78 is 5.27. The molecule has 2 aromatic rings. The standard InChI is InChI=1S/C22H22N2O4/c1-2-3-4-5-7-16-10-12-18(13-11-16)21-23-20(22(25)28-21)15-17-8-6-9-19(14-17)24(26)27/h6,8-15H,2-5,7H2,1H3/b20-15-. The molecule has 0 amide bonds. The van der Waals surface area contributed by atoms with Gasteiger partial charge in [-0.25, -0.2) is 9.79 Å². The number of hydrogen-bond acceptors (Lipinski definition) is 5. The van der Waals surface area contributed by atoms with E-state index in [1.807, 2.05) is 24.3 Å². The molecule has 0 aliphatic carbocycles. The largest absolute Gasteiger partial charge is 0.402 e. The van der Waals surface area contributed by atoms with Gasteiger partial charge in [-0.3, -0.25) is 10.1 Å². The van der Waals surface area contributed by atoms with E-state index in [-0.39, 0.29) is 17.3 Å². The van der Waals surface area contributed by atoms with Crippen molar-refractivity contribution in [1.29, 1.82) is 0 Å². The fourth-order valence-corrected chi connectivity index (χ4v) is 2.99. The van der Waals surface area contributed by atoms with Gasteiger partial charge in [-0.15, -0.1) is 0 Å². The Balaban J connectivity index is 1.73. The van der Waals surface area contributed by atoms with Crippen LogP contribution in [0, 0.1) is 10.1 Å². The number of nitrogens with zero attached hydrogens (tertiary/aromatic N) is 2. The van der Waals surface area contributed by atoms with Crippen molar-refractivity contribution in [2.24, 2.45) is 4.99 Å². The van der Waals surface area contributed by atoms with E-state index in [0.29, 0.717) is 5.56 Å². The average molecular weight is 378 g/mol. The fraction of sp³-hybridized carbons (Fsp3) is 0.273. The van der Waals surface area contributed by atoms with Crippen molar-refractivity contribution >= 4 is 23.6 Å². The van der Waals surface area contributed by atoms with Crippen LogP contribution in [-0.2, 0) is 16.0 Å².